The molecule has 1 heterocycles. The van der Waals surface area contributed by atoms with Crippen molar-refractivity contribution in [3.8, 4) is 0 Å². The van der Waals surface area contributed by atoms with E-state index in [0.717, 1.165) is 31.2 Å². The molecule has 0 aliphatic heterocycles. The van der Waals surface area contributed by atoms with Crippen LogP contribution in [0.25, 0.3) is 0 Å². The smallest absolute Gasteiger partial charge is 0.0624 e. The third-order valence-electron chi connectivity index (χ3n) is 4.79. The van der Waals surface area contributed by atoms with E-state index in [4.69, 9.17) is 5.73 Å². The highest BCUT2D eigenvalue weighted by atomic mass is 15.3. The summed E-state index contributed by atoms with van der Waals surface area (Å²) < 4.78 is 2.13. The van der Waals surface area contributed by atoms with Crippen LogP contribution in [0, 0.1) is 11.8 Å². The van der Waals surface area contributed by atoms with Crippen molar-refractivity contribution in [2.24, 2.45) is 17.6 Å². The summed E-state index contributed by atoms with van der Waals surface area (Å²) in [5, 5.41) is 4.62. The normalized spacial score (nSPS) is 24.8. The number of rotatable bonds is 6. The van der Waals surface area contributed by atoms with E-state index in [2.05, 4.69) is 36.6 Å². The minimum Gasteiger partial charge on any atom is -0.327 e. The number of nitrogens with two attached hydrogens (primary N) is 1. The molecule has 2 N–H and O–H groups in total. The molecule has 0 amide bonds. The van der Waals surface area contributed by atoms with Crippen molar-refractivity contribution in [3.05, 3.63) is 17.5 Å². The summed E-state index contributed by atoms with van der Waals surface area (Å²) in [4.78, 5) is 0. The summed E-state index contributed by atoms with van der Waals surface area (Å²) in [6, 6.07) is 2.55. The highest BCUT2D eigenvalue weighted by Gasteiger charge is 2.28. The minimum atomic E-state index is 0.309. The molecule has 1 aromatic heterocycles. The summed E-state index contributed by atoms with van der Waals surface area (Å²) in [6.45, 7) is 7.57. The molecule has 3 atom stereocenters. The predicted molar refractivity (Wildman–Crippen MR) is 80.1 cm³/mol. The van der Waals surface area contributed by atoms with Crippen molar-refractivity contribution in [3.63, 3.8) is 0 Å². The highest BCUT2D eigenvalue weighted by Crippen LogP contribution is 2.35. The SMILES string of the molecule is CCc1cc(CC(N)C2CCC(CC)C2)n(CC)n1. The van der Waals surface area contributed by atoms with Gasteiger partial charge in [0.25, 0.3) is 0 Å². The first-order chi connectivity index (χ1) is 9.17. The number of nitrogens with zero attached hydrogens (tertiary/aromatic N) is 2. The predicted octanol–water partition coefficient (Wildman–Crippen LogP) is 3.16. The lowest BCUT2D eigenvalue weighted by atomic mass is 9.93. The Morgan fingerprint density at radius 1 is 1.37 bits per heavy atom. The van der Waals surface area contributed by atoms with Crippen LogP contribution in [0.15, 0.2) is 6.07 Å². The maximum absolute atomic E-state index is 6.46. The molecule has 3 heteroatoms. The molecule has 1 fully saturated rings. The average Bonchev–Trinajstić information content (AvgIpc) is 3.04. The van der Waals surface area contributed by atoms with Gasteiger partial charge in [0.2, 0.25) is 0 Å². The molecule has 19 heavy (non-hydrogen) atoms. The summed E-state index contributed by atoms with van der Waals surface area (Å²) in [5.41, 5.74) is 8.98. The molecule has 0 aromatic carbocycles. The second-order valence-corrected chi connectivity index (χ2v) is 6.01. The van der Waals surface area contributed by atoms with Crippen LogP contribution in [0.2, 0.25) is 0 Å². The van der Waals surface area contributed by atoms with E-state index in [1.807, 2.05) is 0 Å². The zero-order valence-electron chi connectivity index (χ0n) is 12.7. The van der Waals surface area contributed by atoms with Gasteiger partial charge in [-0.15, -0.1) is 0 Å². The van der Waals surface area contributed by atoms with E-state index in [1.54, 1.807) is 0 Å². The first kappa shape index (κ1) is 14.6. The fraction of sp³-hybridized carbons (Fsp3) is 0.812. The van der Waals surface area contributed by atoms with Gasteiger partial charge in [0.1, 0.15) is 0 Å². The molecule has 0 bridgehead atoms. The van der Waals surface area contributed by atoms with Crippen molar-refractivity contribution in [2.45, 2.75) is 71.9 Å². The van der Waals surface area contributed by atoms with Crippen LogP contribution in [0.3, 0.4) is 0 Å². The van der Waals surface area contributed by atoms with Crippen LogP contribution in [0.1, 0.15) is 57.8 Å². The van der Waals surface area contributed by atoms with Gasteiger partial charge in [0.05, 0.1) is 5.69 Å². The fourth-order valence-electron chi connectivity index (χ4n) is 3.41. The summed E-state index contributed by atoms with van der Waals surface area (Å²) in [6.07, 6.45) is 7.34. The number of aromatic nitrogens is 2. The molecule has 1 aromatic rings. The molecule has 0 saturated heterocycles. The van der Waals surface area contributed by atoms with E-state index in [0.29, 0.717) is 6.04 Å². The lowest BCUT2D eigenvalue weighted by molar-refractivity contribution is 0.397. The third kappa shape index (κ3) is 3.38. The van der Waals surface area contributed by atoms with Crippen LogP contribution >= 0.6 is 0 Å². The van der Waals surface area contributed by atoms with Crippen LogP contribution in [0.5, 0.6) is 0 Å². The molecule has 1 aliphatic rings. The van der Waals surface area contributed by atoms with E-state index in [9.17, 15) is 0 Å². The Bertz CT molecular complexity index is 397. The lowest BCUT2D eigenvalue weighted by Crippen LogP contribution is -2.31. The third-order valence-corrected chi connectivity index (χ3v) is 4.79. The highest BCUT2D eigenvalue weighted by molar-refractivity contribution is 5.12. The number of hydrogen-bond donors (Lipinski definition) is 1. The van der Waals surface area contributed by atoms with Crippen molar-refractivity contribution in [2.75, 3.05) is 0 Å². The zero-order chi connectivity index (χ0) is 13.8. The summed E-state index contributed by atoms with van der Waals surface area (Å²) in [5.74, 6) is 1.63. The van der Waals surface area contributed by atoms with Crippen molar-refractivity contribution in [1.29, 1.82) is 0 Å². The van der Waals surface area contributed by atoms with E-state index in [1.165, 1.54) is 37.1 Å². The molecule has 1 aliphatic carbocycles. The monoisotopic (exact) mass is 263 g/mol. The lowest BCUT2D eigenvalue weighted by Gasteiger charge is -2.19. The molecule has 3 nitrogen and oxygen atoms in total. The van der Waals surface area contributed by atoms with Gasteiger partial charge in [-0.1, -0.05) is 26.7 Å². The average molecular weight is 263 g/mol. The van der Waals surface area contributed by atoms with E-state index < -0.39 is 0 Å². The Morgan fingerprint density at radius 3 is 2.74 bits per heavy atom. The Hall–Kier alpha value is -0.830. The van der Waals surface area contributed by atoms with Gasteiger partial charge in [0, 0.05) is 24.7 Å². The fourth-order valence-corrected chi connectivity index (χ4v) is 3.41. The van der Waals surface area contributed by atoms with Crippen LogP contribution in [0.4, 0.5) is 0 Å². The standard InChI is InChI=1S/C16H29N3/c1-4-12-7-8-13(9-12)16(17)11-15-10-14(5-2)18-19(15)6-3/h10,12-13,16H,4-9,11,17H2,1-3H3. The molecule has 108 valence electrons. The van der Waals surface area contributed by atoms with E-state index in [-0.39, 0.29) is 0 Å². The molecule has 0 radical (unpaired) electrons. The topological polar surface area (TPSA) is 43.8 Å². The van der Waals surface area contributed by atoms with Gasteiger partial charge >= 0.3 is 0 Å². The quantitative estimate of drug-likeness (QED) is 0.856. The summed E-state index contributed by atoms with van der Waals surface area (Å²) in [7, 11) is 0. The maximum atomic E-state index is 6.46. The maximum Gasteiger partial charge on any atom is 0.0624 e. The Balaban J connectivity index is 1.98. The molecule has 0 spiro atoms. The van der Waals surface area contributed by atoms with Gasteiger partial charge in [-0.25, -0.2) is 0 Å². The Labute approximate surface area is 117 Å². The van der Waals surface area contributed by atoms with E-state index >= 15 is 0 Å². The minimum absolute atomic E-state index is 0.309. The van der Waals surface area contributed by atoms with Gasteiger partial charge in [-0.05, 0) is 44.1 Å². The van der Waals surface area contributed by atoms with Gasteiger partial charge < -0.3 is 5.73 Å². The van der Waals surface area contributed by atoms with Gasteiger partial charge in [0.15, 0.2) is 0 Å². The first-order valence-corrected chi connectivity index (χ1v) is 7.99. The Morgan fingerprint density at radius 2 is 2.16 bits per heavy atom. The molecule has 3 unspecified atom stereocenters. The van der Waals surface area contributed by atoms with Gasteiger partial charge in [-0.2, -0.15) is 5.10 Å². The Kier molecular flexibility index (Phi) is 5.03. The number of aryl methyl sites for hydroxylation is 2. The number of hydrogen-bond acceptors (Lipinski definition) is 2. The van der Waals surface area contributed by atoms with Crippen molar-refractivity contribution in [1.82, 2.24) is 9.78 Å². The first-order valence-electron chi connectivity index (χ1n) is 7.99. The molecular weight excluding hydrogens is 234 g/mol. The molecule has 1 saturated carbocycles. The van der Waals surface area contributed by atoms with Crippen LogP contribution in [-0.4, -0.2) is 15.8 Å². The summed E-state index contributed by atoms with van der Waals surface area (Å²) >= 11 is 0. The zero-order valence-corrected chi connectivity index (χ0v) is 12.7. The second-order valence-electron chi connectivity index (χ2n) is 6.01. The van der Waals surface area contributed by atoms with Gasteiger partial charge in [-0.3, -0.25) is 4.68 Å². The van der Waals surface area contributed by atoms with Crippen molar-refractivity contribution < 1.29 is 0 Å². The van der Waals surface area contributed by atoms with Crippen molar-refractivity contribution >= 4 is 0 Å². The second kappa shape index (κ2) is 6.56. The van der Waals surface area contributed by atoms with Crippen LogP contribution in [-0.2, 0) is 19.4 Å². The van der Waals surface area contributed by atoms with Crippen LogP contribution < -0.4 is 5.73 Å². The largest absolute Gasteiger partial charge is 0.327 e. The molecule has 2 rings (SSSR count). The molecular formula is C16H29N3.